The molecule has 2 aromatic carbocycles. The van der Waals surface area contributed by atoms with Crippen molar-refractivity contribution in [3.63, 3.8) is 0 Å². The van der Waals surface area contributed by atoms with Crippen LogP contribution >= 0.6 is 23.2 Å². The topological polar surface area (TPSA) is 30.5 Å². The summed E-state index contributed by atoms with van der Waals surface area (Å²) < 4.78 is 10.7. The lowest BCUT2D eigenvalue weighted by molar-refractivity contribution is 0.354. The molecule has 3 nitrogen and oxygen atoms in total. The van der Waals surface area contributed by atoms with Gasteiger partial charge in [-0.25, -0.2) is 0 Å². The highest BCUT2D eigenvalue weighted by molar-refractivity contribution is 6.35. The molecule has 0 heterocycles. The summed E-state index contributed by atoms with van der Waals surface area (Å²) in [5.74, 6) is 1.34. The normalized spacial score (nSPS) is 10.5. The van der Waals surface area contributed by atoms with E-state index in [0.29, 0.717) is 28.1 Å². The molecule has 0 aliphatic heterocycles. The smallest absolute Gasteiger partial charge is 0.161 e. The number of hydrogen-bond donors (Lipinski definition) is 1. The van der Waals surface area contributed by atoms with Gasteiger partial charge in [-0.05, 0) is 48.5 Å². The van der Waals surface area contributed by atoms with Crippen LogP contribution in [-0.4, -0.2) is 21.3 Å². The molecule has 0 saturated carbocycles. The van der Waals surface area contributed by atoms with Gasteiger partial charge in [0.15, 0.2) is 11.5 Å². The molecule has 0 spiro atoms. The van der Waals surface area contributed by atoms with Crippen molar-refractivity contribution in [3.05, 3.63) is 45.9 Å². The molecule has 2 aromatic rings. The highest BCUT2D eigenvalue weighted by Crippen LogP contribution is 2.39. The third-order valence-electron chi connectivity index (χ3n) is 3.20. The van der Waals surface area contributed by atoms with Crippen LogP contribution in [0.4, 0.5) is 0 Å². The minimum absolute atomic E-state index is 0.639. The zero-order valence-electron chi connectivity index (χ0n) is 12.2. The van der Waals surface area contributed by atoms with Gasteiger partial charge in [-0.15, -0.1) is 0 Å². The second kappa shape index (κ2) is 7.03. The summed E-state index contributed by atoms with van der Waals surface area (Å²) in [7, 11) is 5.12. The first kappa shape index (κ1) is 16.0. The standard InChI is InChI=1S/C16H17Cl2NO2/c1-19-9-10-6-15(20-2)16(21-3)8-12(10)13-7-11(17)4-5-14(13)18/h4-8,19H,9H2,1-3H3. The van der Waals surface area contributed by atoms with Crippen LogP contribution in [0.3, 0.4) is 0 Å². The molecule has 21 heavy (non-hydrogen) atoms. The summed E-state index contributed by atoms with van der Waals surface area (Å²) in [6, 6.07) is 9.28. The van der Waals surface area contributed by atoms with Crippen LogP contribution in [0, 0.1) is 0 Å². The number of rotatable bonds is 5. The maximum absolute atomic E-state index is 6.32. The van der Waals surface area contributed by atoms with Crippen molar-refractivity contribution < 1.29 is 9.47 Å². The molecule has 0 bridgehead atoms. The molecule has 0 amide bonds. The van der Waals surface area contributed by atoms with Crippen molar-refractivity contribution in [2.75, 3.05) is 21.3 Å². The number of methoxy groups -OCH3 is 2. The average molecular weight is 326 g/mol. The van der Waals surface area contributed by atoms with Gasteiger partial charge in [-0.1, -0.05) is 23.2 Å². The van der Waals surface area contributed by atoms with Gasteiger partial charge in [-0.3, -0.25) is 0 Å². The third kappa shape index (κ3) is 3.43. The van der Waals surface area contributed by atoms with E-state index in [2.05, 4.69) is 5.32 Å². The van der Waals surface area contributed by atoms with E-state index in [1.165, 1.54) is 0 Å². The first-order chi connectivity index (χ1) is 10.1. The quantitative estimate of drug-likeness (QED) is 0.883. The van der Waals surface area contributed by atoms with Gasteiger partial charge in [0.05, 0.1) is 14.2 Å². The fraction of sp³-hybridized carbons (Fsp3) is 0.250. The molecule has 0 saturated heterocycles. The Morgan fingerprint density at radius 3 is 2.24 bits per heavy atom. The molecule has 0 fully saturated rings. The number of ether oxygens (including phenoxy) is 2. The Morgan fingerprint density at radius 1 is 0.952 bits per heavy atom. The highest BCUT2D eigenvalue weighted by Gasteiger charge is 2.14. The summed E-state index contributed by atoms with van der Waals surface area (Å²) in [5.41, 5.74) is 2.89. The highest BCUT2D eigenvalue weighted by atomic mass is 35.5. The molecule has 1 N–H and O–H groups in total. The lowest BCUT2D eigenvalue weighted by atomic mass is 9.98. The minimum Gasteiger partial charge on any atom is -0.493 e. The van der Waals surface area contributed by atoms with Crippen LogP contribution in [0.25, 0.3) is 11.1 Å². The molecular formula is C16H17Cl2NO2. The molecule has 0 atom stereocenters. The van der Waals surface area contributed by atoms with E-state index in [0.717, 1.165) is 16.7 Å². The van der Waals surface area contributed by atoms with Crippen molar-refractivity contribution >= 4 is 23.2 Å². The second-order valence-electron chi connectivity index (χ2n) is 4.52. The van der Waals surface area contributed by atoms with Crippen molar-refractivity contribution in [2.45, 2.75) is 6.54 Å². The number of halogens is 2. The molecular weight excluding hydrogens is 309 g/mol. The Balaban J connectivity index is 2.67. The molecule has 0 aliphatic carbocycles. The zero-order valence-corrected chi connectivity index (χ0v) is 13.7. The lowest BCUT2D eigenvalue weighted by Crippen LogP contribution is -2.07. The Morgan fingerprint density at radius 2 is 1.62 bits per heavy atom. The maximum Gasteiger partial charge on any atom is 0.161 e. The largest absolute Gasteiger partial charge is 0.493 e. The van der Waals surface area contributed by atoms with Crippen LogP contribution < -0.4 is 14.8 Å². The van der Waals surface area contributed by atoms with E-state index >= 15 is 0 Å². The van der Waals surface area contributed by atoms with Gasteiger partial charge in [0.25, 0.3) is 0 Å². The summed E-state index contributed by atoms with van der Waals surface area (Å²) in [4.78, 5) is 0. The van der Waals surface area contributed by atoms with Gasteiger partial charge in [0.2, 0.25) is 0 Å². The van der Waals surface area contributed by atoms with Crippen LogP contribution in [0.5, 0.6) is 11.5 Å². The van der Waals surface area contributed by atoms with E-state index in [1.807, 2.05) is 25.2 Å². The molecule has 5 heteroatoms. The summed E-state index contributed by atoms with van der Waals surface area (Å²) in [5, 5.41) is 4.43. The Hall–Kier alpha value is -1.42. The van der Waals surface area contributed by atoms with E-state index < -0.39 is 0 Å². The Bertz CT molecular complexity index is 644. The molecule has 2 rings (SSSR count). The van der Waals surface area contributed by atoms with Gasteiger partial charge in [0.1, 0.15) is 0 Å². The van der Waals surface area contributed by atoms with Gasteiger partial charge < -0.3 is 14.8 Å². The predicted octanol–water partition coefficient (Wildman–Crippen LogP) is 4.40. The minimum atomic E-state index is 0.639. The fourth-order valence-corrected chi connectivity index (χ4v) is 2.60. The average Bonchev–Trinajstić information content (AvgIpc) is 2.49. The molecule has 0 aliphatic rings. The molecule has 0 aromatic heterocycles. The number of hydrogen-bond acceptors (Lipinski definition) is 3. The van der Waals surface area contributed by atoms with Crippen molar-refractivity contribution in [2.24, 2.45) is 0 Å². The van der Waals surface area contributed by atoms with E-state index in [9.17, 15) is 0 Å². The third-order valence-corrected chi connectivity index (χ3v) is 3.76. The van der Waals surface area contributed by atoms with Crippen LogP contribution in [0.15, 0.2) is 30.3 Å². The van der Waals surface area contributed by atoms with Crippen LogP contribution in [0.1, 0.15) is 5.56 Å². The maximum atomic E-state index is 6.32. The summed E-state index contributed by atoms with van der Waals surface area (Å²) in [6.07, 6.45) is 0. The number of nitrogens with one attached hydrogen (secondary N) is 1. The second-order valence-corrected chi connectivity index (χ2v) is 5.36. The van der Waals surface area contributed by atoms with Crippen molar-refractivity contribution in [1.82, 2.24) is 5.32 Å². The molecule has 0 radical (unpaired) electrons. The first-order valence-electron chi connectivity index (χ1n) is 6.45. The van der Waals surface area contributed by atoms with E-state index in [-0.39, 0.29) is 0 Å². The van der Waals surface area contributed by atoms with Crippen LogP contribution in [-0.2, 0) is 6.54 Å². The van der Waals surface area contributed by atoms with Gasteiger partial charge in [-0.2, -0.15) is 0 Å². The zero-order chi connectivity index (χ0) is 15.4. The van der Waals surface area contributed by atoms with Crippen molar-refractivity contribution in [1.29, 1.82) is 0 Å². The Kier molecular flexibility index (Phi) is 5.34. The van der Waals surface area contributed by atoms with Gasteiger partial charge in [0, 0.05) is 22.2 Å². The SMILES string of the molecule is CNCc1cc(OC)c(OC)cc1-c1cc(Cl)ccc1Cl. The predicted molar refractivity (Wildman–Crippen MR) is 87.8 cm³/mol. The fourth-order valence-electron chi connectivity index (χ4n) is 2.21. The summed E-state index contributed by atoms with van der Waals surface area (Å²) >= 11 is 12.4. The number of benzene rings is 2. The van der Waals surface area contributed by atoms with E-state index in [4.69, 9.17) is 32.7 Å². The lowest BCUT2D eigenvalue weighted by Gasteiger charge is -2.16. The molecule has 112 valence electrons. The van der Waals surface area contributed by atoms with Gasteiger partial charge >= 0.3 is 0 Å². The first-order valence-corrected chi connectivity index (χ1v) is 7.21. The monoisotopic (exact) mass is 325 g/mol. The van der Waals surface area contributed by atoms with Crippen molar-refractivity contribution in [3.8, 4) is 22.6 Å². The van der Waals surface area contributed by atoms with Crippen LogP contribution in [0.2, 0.25) is 10.0 Å². The summed E-state index contributed by atoms with van der Waals surface area (Å²) in [6.45, 7) is 0.679. The van der Waals surface area contributed by atoms with E-state index in [1.54, 1.807) is 26.4 Å². The Labute approximate surface area is 134 Å². The molecule has 0 unspecified atom stereocenters.